The lowest BCUT2D eigenvalue weighted by Gasteiger charge is -2.16. The van der Waals surface area contributed by atoms with Gasteiger partial charge in [-0.2, -0.15) is 0 Å². The van der Waals surface area contributed by atoms with E-state index in [1.54, 1.807) is 18.4 Å². The number of methoxy groups -OCH3 is 1. The molecule has 19 heavy (non-hydrogen) atoms. The zero-order valence-corrected chi connectivity index (χ0v) is 12.4. The summed E-state index contributed by atoms with van der Waals surface area (Å²) in [5.74, 6) is 0.662. The van der Waals surface area contributed by atoms with Crippen LogP contribution in [0.5, 0.6) is 0 Å². The topological polar surface area (TPSA) is 67.3 Å². The molecule has 0 bridgehead atoms. The lowest BCUT2D eigenvalue weighted by atomic mass is 10.2. The van der Waals surface area contributed by atoms with Crippen LogP contribution in [0.1, 0.15) is 11.3 Å². The van der Waals surface area contributed by atoms with Crippen LogP contribution in [0.2, 0.25) is 5.28 Å². The van der Waals surface area contributed by atoms with Crippen LogP contribution in [0.3, 0.4) is 0 Å². The largest absolute Gasteiger partial charge is 0.394 e. The second-order valence-electron chi connectivity index (χ2n) is 4.22. The van der Waals surface area contributed by atoms with Crippen molar-refractivity contribution in [2.75, 3.05) is 25.6 Å². The summed E-state index contributed by atoms with van der Waals surface area (Å²) < 4.78 is 5.02. The maximum absolute atomic E-state index is 9.37. The average Bonchev–Trinajstić information content (AvgIpc) is 2.74. The molecule has 2 rings (SSSR count). The molecule has 0 saturated heterocycles. The van der Waals surface area contributed by atoms with Gasteiger partial charge in [0.1, 0.15) is 10.6 Å². The van der Waals surface area contributed by atoms with E-state index in [-0.39, 0.29) is 17.9 Å². The molecule has 0 spiro atoms. The molecule has 0 radical (unpaired) electrons. The van der Waals surface area contributed by atoms with E-state index in [0.717, 1.165) is 15.1 Å². The molecule has 104 valence electrons. The van der Waals surface area contributed by atoms with Crippen LogP contribution >= 0.6 is 22.9 Å². The summed E-state index contributed by atoms with van der Waals surface area (Å²) in [6.45, 7) is 2.59. The fourth-order valence-electron chi connectivity index (χ4n) is 1.79. The Kier molecular flexibility index (Phi) is 4.93. The molecule has 2 heterocycles. The normalized spacial score (nSPS) is 12.8. The fourth-order valence-corrected chi connectivity index (χ4v) is 2.89. The number of aliphatic hydroxyl groups is 1. The summed E-state index contributed by atoms with van der Waals surface area (Å²) in [5, 5.41) is 13.7. The SMILES string of the molecule is COCCC(CO)Nc1nc(Cl)nc2sc(C)cc12. The number of hydrogen-bond acceptors (Lipinski definition) is 6. The summed E-state index contributed by atoms with van der Waals surface area (Å²) in [6.07, 6.45) is 0.694. The fraction of sp³-hybridized carbons (Fsp3) is 0.500. The van der Waals surface area contributed by atoms with E-state index in [0.29, 0.717) is 18.8 Å². The number of nitrogens with one attached hydrogen (secondary N) is 1. The molecule has 0 aliphatic carbocycles. The summed E-state index contributed by atoms with van der Waals surface area (Å²) in [6, 6.07) is 1.90. The van der Waals surface area contributed by atoms with Gasteiger partial charge in [0.05, 0.1) is 18.0 Å². The minimum atomic E-state index is -0.116. The lowest BCUT2D eigenvalue weighted by molar-refractivity contribution is 0.174. The van der Waals surface area contributed by atoms with E-state index < -0.39 is 0 Å². The molecule has 1 unspecified atom stereocenters. The van der Waals surface area contributed by atoms with Crippen LogP contribution < -0.4 is 5.32 Å². The first kappa shape index (κ1) is 14.5. The number of aliphatic hydroxyl groups excluding tert-OH is 1. The molecule has 0 saturated carbocycles. The zero-order valence-electron chi connectivity index (χ0n) is 10.8. The third-order valence-electron chi connectivity index (χ3n) is 2.72. The third kappa shape index (κ3) is 3.54. The zero-order chi connectivity index (χ0) is 13.8. The Morgan fingerprint density at radius 1 is 1.53 bits per heavy atom. The Labute approximate surface area is 120 Å². The summed E-state index contributed by atoms with van der Waals surface area (Å²) in [5.41, 5.74) is 0. The molecule has 0 amide bonds. The van der Waals surface area contributed by atoms with Gasteiger partial charge < -0.3 is 15.2 Å². The van der Waals surface area contributed by atoms with Gasteiger partial charge in [-0.15, -0.1) is 11.3 Å². The number of aromatic nitrogens is 2. The predicted molar refractivity (Wildman–Crippen MR) is 78.2 cm³/mol. The molecule has 1 atom stereocenters. The van der Waals surface area contributed by atoms with Crippen molar-refractivity contribution in [3.05, 3.63) is 16.2 Å². The van der Waals surface area contributed by atoms with Crippen LogP contribution in [0.15, 0.2) is 6.07 Å². The van der Waals surface area contributed by atoms with Gasteiger partial charge in [0.15, 0.2) is 0 Å². The van der Waals surface area contributed by atoms with Gasteiger partial charge in [-0.05, 0) is 31.0 Å². The average molecular weight is 302 g/mol. The van der Waals surface area contributed by atoms with Crippen molar-refractivity contribution in [2.45, 2.75) is 19.4 Å². The number of fused-ring (bicyclic) bond motifs is 1. The number of nitrogens with zero attached hydrogens (tertiary/aromatic N) is 2. The number of anilines is 1. The van der Waals surface area contributed by atoms with Crippen LogP contribution in [0.25, 0.3) is 10.2 Å². The quantitative estimate of drug-likeness (QED) is 0.802. The van der Waals surface area contributed by atoms with Crippen molar-refractivity contribution in [1.82, 2.24) is 9.97 Å². The number of hydrogen-bond donors (Lipinski definition) is 2. The van der Waals surface area contributed by atoms with E-state index in [9.17, 15) is 5.11 Å². The lowest BCUT2D eigenvalue weighted by Crippen LogP contribution is -2.26. The number of aryl methyl sites for hydroxylation is 1. The molecule has 2 N–H and O–H groups in total. The summed E-state index contributed by atoms with van der Waals surface area (Å²) in [7, 11) is 1.64. The van der Waals surface area contributed by atoms with Gasteiger partial charge >= 0.3 is 0 Å². The third-order valence-corrected chi connectivity index (χ3v) is 3.83. The Balaban J connectivity index is 2.27. The minimum Gasteiger partial charge on any atom is -0.394 e. The van der Waals surface area contributed by atoms with E-state index in [1.165, 1.54) is 0 Å². The molecule has 0 aliphatic heterocycles. The highest BCUT2D eigenvalue weighted by atomic mass is 35.5. The first-order valence-corrected chi connectivity index (χ1v) is 7.13. The molecule has 7 heteroatoms. The van der Waals surface area contributed by atoms with Gasteiger partial charge in [0.25, 0.3) is 0 Å². The molecular weight excluding hydrogens is 286 g/mol. The van der Waals surface area contributed by atoms with Gasteiger partial charge in [-0.1, -0.05) is 0 Å². The second-order valence-corrected chi connectivity index (χ2v) is 5.80. The van der Waals surface area contributed by atoms with E-state index in [2.05, 4.69) is 15.3 Å². The van der Waals surface area contributed by atoms with Gasteiger partial charge in [-0.25, -0.2) is 9.97 Å². The van der Waals surface area contributed by atoms with Gasteiger partial charge in [-0.3, -0.25) is 0 Å². The van der Waals surface area contributed by atoms with Crippen molar-refractivity contribution in [1.29, 1.82) is 0 Å². The van der Waals surface area contributed by atoms with E-state index in [4.69, 9.17) is 16.3 Å². The van der Waals surface area contributed by atoms with Crippen molar-refractivity contribution in [3.63, 3.8) is 0 Å². The van der Waals surface area contributed by atoms with Crippen LogP contribution in [0, 0.1) is 6.92 Å². The van der Waals surface area contributed by atoms with E-state index in [1.807, 2.05) is 13.0 Å². The molecule has 5 nitrogen and oxygen atoms in total. The van der Waals surface area contributed by atoms with Gasteiger partial charge in [0.2, 0.25) is 5.28 Å². The van der Waals surface area contributed by atoms with Crippen LogP contribution in [0.4, 0.5) is 5.82 Å². The first-order chi connectivity index (χ1) is 9.13. The molecule has 0 aromatic carbocycles. The van der Waals surface area contributed by atoms with Crippen molar-refractivity contribution in [2.24, 2.45) is 0 Å². The standard InChI is InChI=1S/C12H16ClN3O2S/c1-7-5-9-10(14-8(6-17)3-4-18-2)15-12(13)16-11(9)19-7/h5,8,17H,3-4,6H2,1-2H3,(H,14,15,16). The Bertz CT molecular complexity index is 561. The molecule has 0 aliphatic rings. The molecule has 0 fully saturated rings. The Morgan fingerprint density at radius 3 is 3.00 bits per heavy atom. The maximum Gasteiger partial charge on any atom is 0.225 e. The van der Waals surface area contributed by atoms with Crippen LogP contribution in [-0.4, -0.2) is 41.4 Å². The second kappa shape index (κ2) is 6.47. The Morgan fingerprint density at radius 2 is 2.32 bits per heavy atom. The molecule has 2 aromatic heterocycles. The van der Waals surface area contributed by atoms with Crippen molar-refractivity contribution >= 4 is 39.0 Å². The van der Waals surface area contributed by atoms with Crippen LogP contribution in [-0.2, 0) is 4.74 Å². The summed E-state index contributed by atoms with van der Waals surface area (Å²) in [4.78, 5) is 10.4. The number of rotatable bonds is 6. The highest BCUT2D eigenvalue weighted by Crippen LogP contribution is 2.29. The number of halogens is 1. The van der Waals surface area contributed by atoms with Gasteiger partial charge in [0, 0.05) is 18.6 Å². The summed E-state index contributed by atoms with van der Waals surface area (Å²) >= 11 is 7.49. The maximum atomic E-state index is 9.37. The number of thiophene rings is 1. The smallest absolute Gasteiger partial charge is 0.225 e. The number of ether oxygens (including phenoxy) is 1. The van der Waals surface area contributed by atoms with Crippen molar-refractivity contribution < 1.29 is 9.84 Å². The molecular formula is C12H16ClN3O2S. The van der Waals surface area contributed by atoms with E-state index >= 15 is 0 Å². The monoisotopic (exact) mass is 301 g/mol. The molecule has 2 aromatic rings. The van der Waals surface area contributed by atoms with Crippen molar-refractivity contribution in [3.8, 4) is 0 Å². The minimum absolute atomic E-state index is 0.00952. The highest BCUT2D eigenvalue weighted by molar-refractivity contribution is 7.18. The highest BCUT2D eigenvalue weighted by Gasteiger charge is 2.13. The Hall–Kier alpha value is -0.950. The first-order valence-electron chi connectivity index (χ1n) is 5.94. The predicted octanol–water partition coefficient (Wildman–Crippen LogP) is 2.46.